The molecule has 3 N–H and O–H groups in total. The molecule has 1 unspecified atom stereocenters. The molecule has 0 bridgehead atoms. The molecule has 2 aromatic rings. The number of hydrogen-bond acceptors (Lipinski definition) is 5. The van der Waals surface area contributed by atoms with Crippen LogP contribution in [0.15, 0.2) is 42.7 Å². The topological polar surface area (TPSA) is 90.0 Å². The van der Waals surface area contributed by atoms with Crippen molar-refractivity contribution in [1.29, 1.82) is 0 Å². The highest BCUT2D eigenvalue weighted by molar-refractivity contribution is 7.90. The minimum atomic E-state index is -2.94. The normalized spacial score (nSPS) is 13.2. The molecular formula is C14H20N4O2S. The van der Waals surface area contributed by atoms with Crippen molar-refractivity contribution in [3.05, 3.63) is 48.3 Å². The molecular weight excluding hydrogens is 288 g/mol. The highest BCUT2D eigenvalue weighted by Gasteiger charge is 2.13. The molecule has 0 saturated heterocycles. The highest BCUT2D eigenvalue weighted by Crippen LogP contribution is 2.19. The van der Waals surface area contributed by atoms with E-state index in [-0.39, 0.29) is 11.8 Å². The Morgan fingerprint density at radius 3 is 2.67 bits per heavy atom. The van der Waals surface area contributed by atoms with E-state index >= 15 is 0 Å². The zero-order valence-corrected chi connectivity index (χ0v) is 12.8. The smallest absolute Gasteiger partial charge is 0.147 e. The number of aromatic nitrogens is 2. The van der Waals surface area contributed by atoms with Crippen LogP contribution < -0.4 is 11.3 Å². The summed E-state index contributed by atoms with van der Waals surface area (Å²) in [6.45, 7) is 0. The Labute approximate surface area is 124 Å². The minimum absolute atomic E-state index is 0.107. The summed E-state index contributed by atoms with van der Waals surface area (Å²) in [7, 11) is -2.94. The van der Waals surface area contributed by atoms with Crippen molar-refractivity contribution in [2.45, 2.75) is 18.9 Å². The zero-order chi connectivity index (χ0) is 15.3. The Balaban J connectivity index is 2.04. The first-order valence-electron chi connectivity index (χ1n) is 6.73. The van der Waals surface area contributed by atoms with Gasteiger partial charge < -0.3 is 0 Å². The SMILES string of the molecule is CS(=O)(=O)CCCC(NN)c1cnn(-c2ccccc2)c1. The molecule has 2 rings (SSSR count). The summed E-state index contributed by atoms with van der Waals surface area (Å²) in [6, 6.07) is 9.66. The fraction of sp³-hybridized carbons (Fsp3) is 0.357. The van der Waals surface area contributed by atoms with Crippen LogP contribution in [0, 0.1) is 0 Å². The van der Waals surface area contributed by atoms with Gasteiger partial charge in [0.05, 0.1) is 11.9 Å². The van der Waals surface area contributed by atoms with Crippen molar-refractivity contribution in [2.75, 3.05) is 12.0 Å². The molecule has 1 aromatic carbocycles. The summed E-state index contributed by atoms with van der Waals surface area (Å²) in [5, 5.41) is 4.31. The molecule has 0 fully saturated rings. The predicted molar refractivity (Wildman–Crippen MR) is 82.6 cm³/mol. The number of para-hydroxylation sites is 1. The van der Waals surface area contributed by atoms with E-state index in [1.807, 2.05) is 36.5 Å². The number of hydrazine groups is 1. The summed E-state index contributed by atoms with van der Waals surface area (Å²) in [4.78, 5) is 0. The lowest BCUT2D eigenvalue weighted by Crippen LogP contribution is -2.28. The fourth-order valence-electron chi connectivity index (χ4n) is 2.13. The number of rotatable bonds is 7. The molecule has 114 valence electrons. The monoisotopic (exact) mass is 308 g/mol. The van der Waals surface area contributed by atoms with Crippen LogP contribution in [0.25, 0.3) is 5.69 Å². The number of hydrogen-bond donors (Lipinski definition) is 2. The molecule has 1 aromatic heterocycles. The maximum Gasteiger partial charge on any atom is 0.147 e. The van der Waals surface area contributed by atoms with Gasteiger partial charge in [0, 0.05) is 29.8 Å². The van der Waals surface area contributed by atoms with Crippen LogP contribution in [0.5, 0.6) is 0 Å². The Kier molecular flexibility index (Phi) is 5.11. The molecule has 1 heterocycles. The molecule has 0 aliphatic rings. The van der Waals surface area contributed by atoms with Gasteiger partial charge in [-0.05, 0) is 25.0 Å². The second-order valence-electron chi connectivity index (χ2n) is 5.05. The summed E-state index contributed by atoms with van der Waals surface area (Å²) in [6.07, 6.45) is 6.10. The number of nitrogens with zero attached hydrogens (tertiary/aromatic N) is 2. The Hall–Kier alpha value is -1.70. The standard InChI is InChI=1S/C14H20N4O2S/c1-21(19,20)9-5-8-14(17-15)12-10-16-18(11-12)13-6-3-2-4-7-13/h2-4,6-7,10-11,14,17H,5,8-9,15H2,1H3. The number of sulfone groups is 1. The first-order valence-corrected chi connectivity index (χ1v) is 8.79. The quantitative estimate of drug-likeness (QED) is 0.592. The van der Waals surface area contributed by atoms with Gasteiger partial charge in [-0.1, -0.05) is 18.2 Å². The van der Waals surface area contributed by atoms with E-state index in [9.17, 15) is 8.42 Å². The van der Waals surface area contributed by atoms with Crippen molar-refractivity contribution in [3.8, 4) is 5.69 Å². The van der Waals surface area contributed by atoms with Gasteiger partial charge in [-0.2, -0.15) is 5.10 Å². The van der Waals surface area contributed by atoms with Crippen molar-refractivity contribution in [1.82, 2.24) is 15.2 Å². The lowest BCUT2D eigenvalue weighted by Gasteiger charge is -2.13. The molecule has 6 nitrogen and oxygen atoms in total. The van der Waals surface area contributed by atoms with Gasteiger partial charge in [0.15, 0.2) is 0 Å². The van der Waals surface area contributed by atoms with Crippen LogP contribution in [-0.4, -0.2) is 30.2 Å². The lowest BCUT2D eigenvalue weighted by atomic mass is 10.1. The van der Waals surface area contributed by atoms with E-state index < -0.39 is 9.84 Å². The molecule has 7 heteroatoms. The number of benzene rings is 1. The van der Waals surface area contributed by atoms with Gasteiger partial charge in [-0.15, -0.1) is 0 Å². The Bertz CT molecular complexity index is 667. The average molecular weight is 308 g/mol. The van der Waals surface area contributed by atoms with Gasteiger partial charge in [0.2, 0.25) is 0 Å². The first kappa shape index (κ1) is 15.7. The fourth-order valence-corrected chi connectivity index (χ4v) is 2.83. The Morgan fingerprint density at radius 2 is 2.05 bits per heavy atom. The molecule has 0 aliphatic carbocycles. The van der Waals surface area contributed by atoms with Gasteiger partial charge >= 0.3 is 0 Å². The maximum absolute atomic E-state index is 11.2. The van der Waals surface area contributed by atoms with Gasteiger partial charge in [-0.3, -0.25) is 11.3 Å². The average Bonchev–Trinajstić information content (AvgIpc) is 2.93. The van der Waals surface area contributed by atoms with E-state index in [1.165, 1.54) is 6.26 Å². The molecule has 0 saturated carbocycles. The predicted octanol–water partition coefficient (Wildman–Crippen LogP) is 1.20. The summed E-state index contributed by atoms with van der Waals surface area (Å²) in [5.74, 6) is 5.73. The molecule has 0 aliphatic heterocycles. The van der Waals surface area contributed by atoms with Crippen molar-refractivity contribution >= 4 is 9.84 Å². The number of nitrogens with two attached hydrogens (primary N) is 1. The van der Waals surface area contributed by atoms with Gasteiger partial charge in [-0.25, -0.2) is 13.1 Å². The van der Waals surface area contributed by atoms with Crippen LogP contribution in [0.2, 0.25) is 0 Å². The van der Waals surface area contributed by atoms with Gasteiger partial charge in [0.1, 0.15) is 9.84 Å². The van der Waals surface area contributed by atoms with Crippen molar-refractivity contribution in [3.63, 3.8) is 0 Å². The minimum Gasteiger partial charge on any atom is -0.271 e. The summed E-state index contributed by atoms with van der Waals surface area (Å²) in [5.41, 5.74) is 4.63. The maximum atomic E-state index is 11.2. The van der Waals surface area contributed by atoms with Crippen LogP contribution in [-0.2, 0) is 9.84 Å². The summed E-state index contributed by atoms with van der Waals surface area (Å²) >= 11 is 0. The second kappa shape index (κ2) is 6.84. The lowest BCUT2D eigenvalue weighted by molar-refractivity contribution is 0.507. The van der Waals surface area contributed by atoms with Crippen molar-refractivity contribution in [2.24, 2.45) is 5.84 Å². The van der Waals surface area contributed by atoms with Gasteiger partial charge in [0.25, 0.3) is 0 Å². The van der Waals surface area contributed by atoms with E-state index in [4.69, 9.17) is 5.84 Å². The highest BCUT2D eigenvalue weighted by atomic mass is 32.2. The van der Waals surface area contributed by atoms with E-state index in [2.05, 4.69) is 10.5 Å². The van der Waals surface area contributed by atoms with E-state index in [0.29, 0.717) is 12.8 Å². The van der Waals surface area contributed by atoms with E-state index in [1.54, 1.807) is 10.9 Å². The Morgan fingerprint density at radius 1 is 1.33 bits per heavy atom. The van der Waals surface area contributed by atoms with Crippen LogP contribution in [0.4, 0.5) is 0 Å². The molecule has 0 amide bonds. The zero-order valence-electron chi connectivity index (χ0n) is 11.9. The second-order valence-corrected chi connectivity index (χ2v) is 7.30. The van der Waals surface area contributed by atoms with Crippen LogP contribution in [0.1, 0.15) is 24.4 Å². The molecule has 0 radical (unpaired) electrons. The molecule has 21 heavy (non-hydrogen) atoms. The third kappa shape index (κ3) is 4.66. The first-order chi connectivity index (χ1) is 9.99. The number of nitrogens with one attached hydrogen (secondary N) is 1. The van der Waals surface area contributed by atoms with Crippen molar-refractivity contribution < 1.29 is 8.42 Å². The van der Waals surface area contributed by atoms with Crippen LogP contribution in [0.3, 0.4) is 0 Å². The molecule has 1 atom stereocenters. The third-order valence-electron chi connectivity index (χ3n) is 3.23. The van der Waals surface area contributed by atoms with E-state index in [0.717, 1.165) is 11.3 Å². The molecule has 0 spiro atoms. The third-order valence-corrected chi connectivity index (χ3v) is 4.27. The summed E-state index contributed by atoms with van der Waals surface area (Å²) < 4.78 is 24.1. The largest absolute Gasteiger partial charge is 0.271 e. The van der Waals surface area contributed by atoms with Crippen LogP contribution >= 0.6 is 0 Å².